The lowest BCUT2D eigenvalue weighted by molar-refractivity contribution is -0.128. The molecule has 4 aromatic carbocycles. The van der Waals surface area contributed by atoms with Crippen molar-refractivity contribution in [1.82, 2.24) is 9.62 Å². The molecule has 0 radical (unpaired) electrons. The van der Waals surface area contributed by atoms with E-state index in [1.54, 1.807) is 48.5 Å². The Balaban J connectivity index is 1.40. The summed E-state index contributed by atoms with van der Waals surface area (Å²) in [4.78, 5) is 28.4. The van der Waals surface area contributed by atoms with Crippen molar-refractivity contribution >= 4 is 50.7 Å². The number of hydrogen-bond acceptors (Lipinski definition) is 5. The van der Waals surface area contributed by atoms with Crippen LogP contribution in [0.4, 0.5) is 5.69 Å². The van der Waals surface area contributed by atoms with Gasteiger partial charge < -0.3 is 15.0 Å². The SMILES string of the molecule is O=C(NCc1ccccc1)C1CN(C(=O)CN(Cc2ccc(Cl)cc2)S(=O)(=O)c2ccc(Cl)cc2)c2ccccc2O1. The van der Waals surface area contributed by atoms with Gasteiger partial charge in [-0.2, -0.15) is 4.31 Å². The van der Waals surface area contributed by atoms with Crippen LogP contribution in [0.2, 0.25) is 10.0 Å². The highest BCUT2D eigenvalue weighted by Crippen LogP contribution is 2.34. The Kier molecular flexibility index (Phi) is 9.13. The van der Waals surface area contributed by atoms with Crippen LogP contribution in [0.15, 0.2) is 108 Å². The van der Waals surface area contributed by atoms with E-state index in [4.69, 9.17) is 27.9 Å². The van der Waals surface area contributed by atoms with E-state index < -0.39 is 34.5 Å². The number of anilines is 1. The van der Waals surface area contributed by atoms with E-state index in [0.29, 0.717) is 33.6 Å². The number of hydrogen-bond donors (Lipinski definition) is 1. The fourth-order valence-corrected chi connectivity index (χ4v) is 6.15. The zero-order valence-corrected chi connectivity index (χ0v) is 24.6. The van der Waals surface area contributed by atoms with Crippen molar-refractivity contribution in [3.8, 4) is 5.75 Å². The molecule has 1 atom stereocenters. The molecule has 11 heteroatoms. The minimum absolute atomic E-state index is 0.00536. The van der Waals surface area contributed by atoms with Gasteiger partial charge in [0.25, 0.3) is 5.91 Å². The van der Waals surface area contributed by atoms with E-state index in [1.807, 2.05) is 30.3 Å². The molecule has 1 unspecified atom stereocenters. The summed E-state index contributed by atoms with van der Waals surface area (Å²) in [5, 5.41) is 3.75. The van der Waals surface area contributed by atoms with Crippen LogP contribution < -0.4 is 15.0 Å². The highest BCUT2D eigenvalue weighted by Gasteiger charge is 2.36. The van der Waals surface area contributed by atoms with Gasteiger partial charge in [0.05, 0.1) is 23.7 Å². The minimum Gasteiger partial charge on any atom is -0.477 e. The summed E-state index contributed by atoms with van der Waals surface area (Å²) in [6.45, 7) is -0.364. The van der Waals surface area contributed by atoms with Crippen molar-refractivity contribution in [2.45, 2.75) is 24.1 Å². The van der Waals surface area contributed by atoms with Crippen molar-refractivity contribution in [3.05, 3.63) is 124 Å². The van der Waals surface area contributed by atoms with Crippen LogP contribution in [0.3, 0.4) is 0 Å². The van der Waals surface area contributed by atoms with Gasteiger partial charge in [-0.1, -0.05) is 77.8 Å². The Bertz CT molecular complexity index is 1670. The summed E-state index contributed by atoms with van der Waals surface area (Å²) < 4.78 is 34.6. The predicted molar refractivity (Wildman–Crippen MR) is 162 cm³/mol. The van der Waals surface area contributed by atoms with Crippen LogP contribution >= 0.6 is 23.2 Å². The maximum absolute atomic E-state index is 13.9. The summed E-state index contributed by atoms with van der Waals surface area (Å²) in [6.07, 6.45) is -0.995. The number of nitrogens with zero attached hydrogens (tertiary/aromatic N) is 2. The van der Waals surface area contributed by atoms with Gasteiger partial charge in [0, 0.05) is 23.1 Å². The van der Waals surface area contributed by atoms with Crippen molar-refractivity contribution in [2.75, 3.05) is 18.0 Å². The van der Waals surface area contributed by atoms with Crippen molar-refractivity contribution < 1.29 is 22.7 Å². The van der Waals surface area contributed by atoms with Crippen molar-refractivity contribution in [1.29, 1.82) is 0 Å². The number of fused-ring (bicyclic) bond motifs is 1. The number of benzene rings is 4. The Morgan fingerprint density at radius 3 is 2.14 bits per heavy atom. The first-order valence-electron chi connectivity index (χ1n) is 13.1. The monoisotopic (exact) mass is 623 g/mol. The predicted octanol–water partition coefficient (Wildman–Crippen LogP) is 5.29. The number of nitrogens with one attached hydrogen (secondary N) is 1. The molecule has 0 saturated carbocycles. The average Bonchev–Trinajstić information content (AvgIpc) is 3.00. The van der Waals surface area contributed by atoms with Gasteiger partial charge in [0.15, 0.2) is 6.10 Å². The highest BCUT2D eigenvalue weighted by molar-refractivity contribution is 7.89. The molecule has 1 aliphatic heterocycles. The average molecular weight is 625 g/mol. The first kappa shape index (κ1) is 29.6. The standard InChI is InChI=1S/C31H27Cl2N3O5S/c32-24-12-10-23(11-13-24)19-35(42(39,40)26-16-14-25(33)15-17-26)21-30(37)36-20-29(41-28-9-5-4-8-27(28)36)31(38)34-18-22-6-2-1-3-7-22/h1-17,29H,18-21H2,(H,34,38). The van der Waals surface area contributed by atoms with Crippen LogP contribution in [0.5, 0.6) is 5.75 Å². The Labute approximate surface area is 254 Å². The van der Waals surface area contributed by atoms with E-state index in [9.17, 15) is 18.0 Å². The topological polar surface area (TPSA) is 96.0 Å². The maximum atomic E-state index is 13.9. The molecule has 0 spiro atoms. The van der Waals surface area contributed by atoms with Gasteiger partial charge in [-0.25, -0.2) is 8.42 Å². The van der Waals surface area contributed by atoms with Crippen LogP contribution in [-0.2, 0) is 32.7 Å². The molecule has 1 aliphatic rings. The van der Waals surface area contributed by atoms with Gasteiger partial charge in [-0.15, -0.1) is 0 Å². The molecule has 42 heavy (non-hydrogen) atoms. The second-order valence-corrected chi connectivity index (χ2v) is 12.4. The molecule has 5 rings (SSSR count). The third-order valence-electron chi connectivity index (χ3n) is 6.71. The fraction of sp³-hybridized carbons (Fsp3) is 0.161. The number of rotatable bonds is 9. The smallest absolute Gasteiger partial charge is 0.263 e. The molecule has 1 N–H and O–H groups in total. The lowest BCUT2D eigenvalue weighted by Gasteiger charge is -2.35. The van der Waals surface area contributed by atoms with Gasteiger partial charge in [-0.05, 0) is 59.7 Å². The lowest BCUT2D eigenvalue weighted by Crippen LogP contribution is -2.52. The molecule has 4 aromatic rings. The van der Waals surface area contributed by atoms with Crippen LogP contribution in [-0.4, -0.2) is 43.7 Å². The van der Waals surface area contributed by atoms with E-state index in [1.165, 1.54) is 29.2 Å². The summed E-state index contributed by atoms with van der Waals surface area (Å²) >= 11 is 12.0. The zero-order valence-electron chi connectivity index (χ0n) is 22.3. The maximum Gasteiger partial charge on any atom is 0.263 e. The van der Waals surface area contributed by atoms with Gasteiger partial charge in [0.2, 0.25) is 15.9 Å². The first-order chi connectivity index (χ1) is 20.2. The summed E-state index contributed by atoms with van der Waals surface area (Å²) in [5.41, 5.74) is 2.01. The molecule has 0 aromatic heterocycles. The molecule has 216 valence electrons. The number of ether oxygens (including phenoxy) is 1. The largest absolute Gasteiger partial charge is 0.477 e. The summed E-state index contributed by atoms with van der Waals surface area (Å²) in [6, 6.07) is 28.7. The number of carbonyl (C=O) groups excluding carboxylic acids is 2. The number of amides is 2. The number of carbonyl (C=O) groups is 2. The van der Waals surface area contributed by atoms with E-state index in [2.05, 4.69) is 5.32 Å². The van der Waals surface area contributed by atoms with Crippen molar-refractivity contribution in [3.63, 3.8) is 0 Å². The van der Waals surface area contributed by atoms with Gasteiger partial charge in [-0.3, -0.25) is 9.59 Å². The second kappa shape index (κ2) is 13.0. The molecule has 1 heterocycles. The van der Waals surface area contributed by atoms with Gasteiger partial charge in [0.1, 0.15) is 5.75 Å². The van der Waals surface area contributed by atoms with Crippen LogP contribution in [0, 0.1) is 0 Å². The number of sulfonamides is 1. The number of halogens is 2. The molecular formula is C31H27Cl2N3O5S. The second-order valence-electron chi connectivity index (χ2n) is 9.64. The van der Waals surface area contributed by atoms with E-state index >= 15 is 0 Å². The third kappa shape index (κ3) is 6.94. The normalized spacial score (nSPS) is 14.6. The minimum atomic E-state index is -4.12. The third-order valence-corrected chi connectivity index (χ3v) is 9.02. The number of para-hydroxylation sites is 2. The van der Waals surface area contributed by atoms with Crippen LogP contribution in [0.1, 0.15) is 11.1 Å². The highest BCUT2D eigenvalue weighted by atomic mass is 35.5. The Morgan fingerprint density at radius 1 is 0.833 bits per heavy atom. The summed E-state index contributed by atoms with van der Waals surface area (Å²) in [7, 11) is -4.12. The van der Waals surface area contributed by atoms with E-state index in [0.717, 1.165) is 9.87 Å². The lowest BCUT2D eigenvalue weighted by atomic mass is 10.1. The van der Waals surface area contributed by atoms with E-state index in [-0.39, 0.29) is 18.0 Å². The zero-order chi connectivity index (χ0) is 29.7. The molecule has 8 nitrogen and oxygen atoms in total. The molecule has 0 fully saturated rings. The molecule has 2 amide bonds. The van der Waals surface area contributed by atoms with Crippen molar-refractivity contribution in [2.24, 2.45) is 0 Å². The molecule has 0 aliphatic carbocycles. The summed E-state index contributed by atoms with van der Waals surface area (Å²) in [5.74, 6) is -0.558. The molecular weight excluding hydrogens is 597 g/mol. The van der Waals surface area contributed by atoms with Crippen LogP contribution in [0.25, 0.3) is 0 Å². The quantitative estimate of drug-likeness (QED) is 0.273. The first-order valence-corrected chi connectivity index (χ1v) is 15.3. The molecule has 0 saturated heterocycles. The Morgan fingerprint density at radius 2 is 1.45 bits per heavy atom. The Hall–Kier alpha value is -3.89. The fourth-order valence-electron chi connectivity index (χ4n) is 4.52. The van der Waals surface area contributed by atoms with Gasteiger partial charge >= 0.3 is 0 Å². The molecule has 0 bridgehead atoms.